The average Bonchev–Trinajstić information content (AvgIpc) is 2.37. The van der Waals surface area contributed by atoms with Gasteiger partial charge in [0, 0.05) is 19.5 Å². The van der Waals surface area contributed by atoms with Crippen LogP contribution in [-0.4, -0.2) is 49.3 Å². The zero-order valence-corrected chi connectivity index (χ0v) is 13.0. The molecule has 0 radical (unpaired) electrons. The molecule has 0 aliphatic rings. The second-order valence-electron chi connectivity index (χ2n) is 4.82. The maximum absolute atomic E-state index is 11.9. The van der Waals surface area contributed by atoms with Crippen LogP contribution in [0.3, 0.4) is 0 Å². The van der Waals surface area contributed by atoms with Crippen LogP contribution in [0.2, 0.25) is 0 Å². The molecule has 0 heterocycles. The molecule has 0 fully saturated rings. The Kier molecular flexibility index (Phi) is 10.6. The molecule has 0 unspecified atom stereocenters. The van der Waals surface area contributed by atoms with Crippen molar-refractivity contribution >= 4 is 16.0 Å². The molecule has 20 heavy (non-hydrogen) atoms. The Labute approximate surface area is 121 Å². The molecule has 120 valence electrons. The number of rotatable bonds is 12. The van der Waals surface area contributed by atoms with Gasteiger partial charge in [0.1, 0.15) is 0 Å². The number of carbonyl (C=O) groups excluding carboxylic acids is 1. The van der Waals surface area contributed by atoms with Gasteiger partial charge in [-0.25, -0.2) is 0 Å². The number of unbranched alkanes of at least 4 members (excludes halogenated alkanes) is 4. The zero-order chi connectivity index (χ0) is 15.4. The number of carbonyl (C=O) groups is 1. The lowest BCUT2D eigenvalue weighted by molar-refractivity contribution is -0.131. The molecular weight excluding hydrogens is 285 g/mol. The standard InChI is InChI=1S/C13H26FNO4S/c1-2-15(11-8-12-20(17,18)19)13(16)9-6-4-3-5-7-10-14/h2-12H2,1H3,(H,17,18,19). The molecule has 5 nitrogen and oxygen atoms in total. The summed E-state index contributed by atoms with van der Waals surface area (Å²) < 4.78 is 41.7. The number of halogens is 1. The van der Waals surface area contributed by atoms with Crippen LogP contribution in [0.15, 0.2) is 0 Å². The molecule has 0 saturated carbocycles. The minimum Gasteiger partial charge on any atom is -0.343 e. The fourth-order valence-electron chi connectivity index (χ4n) is 1.96. The van der Waals surface area contributed by atoms with Gasteiger partial charge >= 0.3 is 0 Å². The Morgan fingerprint density at radius 1 is 1.10 bits per heavy atom. The molecule has 0 aliphatic heterocycles. The van der Waals surface area contributed by atoms with Crippen LogP contribution in [0.4, 0.5) is 4.39 Å². The predicted octanol–water partition coefficient (Wildman–Crippen LogP) is 2.42. The minimum atomic E-state index is -3.95. The topological polar surface area (TPSA) is 74.7 Å². The number of amides is 1. The lowest BCUT2D eigenvalue weighted by Crippen LogP contribution is -2.32. The van der Waals surface area contributed by atoms with E-state index in [1.54, 1.807) is 4.90 Å². The van der Waals surface area contributed by atoms with Gasteiger partial charge in [-0.05, 0) is 26.2 Å². The van der Waals surface area contributed by atoms with Crippen molar-refractivity contribution in [3.8, 4) is 0 Å². The van der Waals surface area contributed by atoms with E-state index < -0.39 is 10.1 Å². The first-order valence-corrected chi connectivity index (χ1v) is 8.80. The number of alkyl halides is 1. The van der Waals surface area contributed by atoms with E-state index in [4.69, 9.17) is 4.55 Å². The molecule has 0 aliphatic carbocycles. The third-order valence-corrected chi connectivity index (χ3v) is 3.89. The highest BCUT2D eigenvalue weighted by atomic mass is 32.2. The summed E-state index contributed by atoms with van der Waals surface area (Å²) in [5.74, 6) is -0.312. The van der Waals surface area contributed by atoms with E-state index >= 15 is 0 Å². The van der Waals surface area contributed by atoms with Crippen LogP contribution in [0.1, 0.15) is 51.9 Å². The smallest absolute Gasteiger partial charge is 0.264 e. The maximum Gasteiger partial charge on any atom is 0.264 e. The van der Waals surface area contributed by atoms with Gasteiger partial charge in [0.15, 0.2) is 0 Å². The van der Waals surface area contributed by atoms with Gasteiger partial charge in [-0.2, -0.15) is 8.42 Å². The molecule has 0 aromatic rings. The highest BCUT2D eigenvalue weighted by Crippen LogP contribution is 2.08. The van der Waals surface area contributed by atoms with Crippen molar-refractivity contribution in [2.24, 2.45) is 0 Å². The molecular formula is C13H26FNO4S. The van der Waals surface area contributed by atoms with Crippen molar-refractivity contribution in [2.45, 2.75) is 51.9 Å². The van der Waals surface area contributed by atoms with Crippen molar-refractivity contribution in [2.75, 3.05) is 25.5 Å². The van der Waals surface area contributed by atoms with Gasteiger partial charge in [0.2, 0.25) is 5.91 Å². The fourth-order valence-corrected chi connectivity index (χ4v) is 2.45. The Balaban J connectivity index is 3.79. The van der Waals surface area contributed by atoms with Crippen LogP contribution >= 0.6 is 0 Å². The van der Waals surface area contributed by atoms with Gasteiger partial charge < -0.3 is 4.90 Å². The second-order valence-corrected chi connectivity index (χ2v) is 6.39. The van der Waals surface area contributed by atoms with Crippen LogP contribution in [0, 0.1) is 0 Å². The van der Waals surface area contributed by atoms with Crippen molar-refractivity contribution in [1.82, 2.24) is 4.90 Å². The summed E-state index contributed by atoms with van der Waals surface area (Å²) in [4.78, 5) is 13.5. The molecule has 0 bridgehead atoms. The van der Waals surface area contributed by atoms with Crippen molar-refractivity contribution < 1.29 is 22.2 Å². The van der Waals surface area contributed by atoms with E-state index in [0.717, 1.165) is 25.7 Å². The Morgan fingerprint density at radius 2 is 1.70 bits per heavy atom. The van der Waals surface area contributed by atoms with Crippen molar-refractivity contribution in [1.29, 1.82) is 0 Å². The van der Waals surface area contributed by atoms with Gasteiger partial charge in [-0.3, -0.25) is 13.7 Å². The Morgan fingerprint density at radius 3 is 2.25 bits per heavy atom. The first kappa shape index (κ1) is 19.3. The third kappa shape index (κ3) is 11.2. The molecule has 7 heteroatoms. The number of nitrogens with zero attached hydrogens (tertiary/aromatic N) is 1. The summed E-state index contributed by atoms with van der Waals surface area (Å²) in [5, 5.41) is 0. The minimum absolute atomic E-state index is 0.00771. The van der Waals surface area contributed by atoms with Crippen LogP contribution in [-0.2, 0) is 14.9 Å². The summed E-state index contributed by atoms with van der Waals surface area (Å²) in [6.07, 6.45) is 4.76. The van der Waals surface area contributed by atoms with Gasteiger partial charge in [-0.1, -0.05) is 19.3 Å². The van der Waals surface area contributed by atoms with Gasteiger partial charge in [0.25, 0.3) is 10.1 Å². The van der Waals surface area contributed by atoms with E-state index in [0.29, 0.717) is 25.9 Å². The highest BCUT2D eigenvalue weighted by molar-refractivity contribution is 7.85. The third-order valence-electron chi connectivity index (χ3n) is 3.09. The Bertz CT molecular complexity index is 359. The van der Waals surface area contributed by atoms with Crippen LogP contribution < -0.4 is 0 Å². The van der Waals surface area contributed by atoms with Crippen molar-refractivity contribution in [3.63, 3.8) is 0 Å². The Hall–Kier alpha value is -0.690. The summed E-state index contributed by atoms with van der Waals surface area (Å²) in [6.45, 7) is 2.44. The van der Waals surface area contributed by atoms with Gasteiger partial charge in [-0.15, -0.1) is 0 Å². The molecule has 0 aromatic heterocycles. The van der Waals surface area contributed by atoms with E-state index in [1.165, 1.54) is 0 Å². The van der Waals surface area contributed by atoms with E-state index in [9.17, 15) is 17.6 Å². The summed E-state index contributed by atoms with van der Waals surface area (Å²) >= 11 is 0. The maximum atomic E-state index is 11.9. The summed E-state index contributed by atoms with van der Waals surface area (Å²) in [5.41, 5.74) is 0. The van der Waals surface area contributed by atoms with Crippen LogP contribution in [0.25, 0.3) is 0 Å². The zero-order valence-electron chi connectivity index (χ0n) is 12.2. The first-order chi connectivity index (χ1) is 9.40. The number of hydrogen-bond donors (Lipinski definition) is 1. The second kappa shape index (κ2) is 11.0. The van der Waals surface area contributed by atoms with Gasteiger partial charge in [0.05, 0.1) is 12.4 Å². The molecule has 0 atom stereocenters. The fraction of sp³-hybridized carbons (Fsp3) is 0.923. The molecule has 0 spiro atoms. The molecule has 1 N–H and O–H groups in total. The highest BCUT2D eigenvalue weighted by Gasteiger charge is 2.12. The van der Waals surface area contributed by atoms with Crippen LogP contribution in [0.5, 0.6) is 0 Å². The molecule has 0 rings (SSSR count). The predicted molar refractivity (Wildman–Crippen MR) is 77.0 cm³/mol. The van der Waals surface area contributed by atoms with E-state index in [1.807, 2.05) is 6.92 Å². The van der Waals surface area contributed by atoms with E-state index in [2.05, 4.69) is 0 Å². The normalized spacial score (nSPS) is 11.6. The SMILES string of the molecule is CCN(CCCS(=O)(=O)O)C(=O)CCCCCCCF. The number of hydrogen-bond acceptors (Lipinski definition) is 3. The average molecular weight is 311 g/mol. The summed E-state index contributed by atoms with van der Waals surface area (Å²) in [7, 11) is -3.95. The largest absolute Gasteiger partial charge is 0.343 e. The monoisotopic (exact) mass is 311 g/mol. The molecule has 1 amide bonds. The van der Waals surface area contributed by atoms with E-state index in [-0.39, 0.29) is 24.8 Å². The quantitative estimate of drug-likeness (QED) is 0.444. The molecule has 0 aromatic carbocycles. The molecule has 0 saturated heterocycles. The lowest BCUT2D eigenvalue weighted by Gasteiger charge is -2.20. The first-order valence-electron chi connectivity index (χ1n) is 7.19. The summed E-state index contributed by atoms with van der Waals surface area (Å²) in [6, 6.07) is 0. The lowest BCUT2D eigenvalue weighted by atomic mass is 10.1. The van der Waals surface area contributed by atoms with Crippen molar-refractivity contribution in [3.05, 3.63) is 0 Å².